The van der Waals surface area contributed by atoms with Crippen molar-refractivity contribution in [1.82, 2.24) is 9.29 Å². The number of ether oxygens (including phenoxy) is 2. The molecule has 0 bridgehead atoms. The lowest BCUT2D eigenvalue weighted by Gasteiger charge is -2.25. The van der Waals surface area contributed by atoms with Crippen LogP contribution in [0.15, 0.2) is 52.7 Å². The van der Waals surface area contributed by atoms with Crippen LogP contribution < -0.4 is 9.47 Å². The fourth-order valence-electron chi connectivity index (χ4n) is 3.64. The molecule has 30 heavy (non-hydrogen) atoms. The second-order valence-electron chi connectivity index (χ2n) is 7.07. The van der Waals surface area contributed by atoms with Crippen molar-refractivity contribution in [3.05, 3.63) is 47.8 Å². The third kappa shape index (κ3) is 3.95. The Bertz CT molecular complexity index is 1120. The molecule has 1 saturated heterocycles. The van der Waals surface area contributed by atoms with Gasteiger partial charge in [-0.3, -0.25) is 0 Å². The Morgan fingerprint density at radius 2 is 1.70 bits per heavy atom. The van der Waals surface area contributed by atoms with Crippen LogP contribution in [0.3, 0.4) is 0 Å². The highest BCUT2D eigenvalue weighted by atomic mass is 32.2. The summed E-state index contributed by atoms with van der Waals surface area (Å²) in [4.78, 5) is 5.07. The molecule has 0 spiro atoms. The van der Waals surface area contributed by atoms with Crippen molar-refractivity contribution in [3.63, 3.8) is 0 Å². The number of hydrogen-bond donors (Lipinski definition) is 0. The van der Waals surface area contributed by atoms with Crippen molar-refractivity contribution in [2.45, 2.75) is 24.2 Å². The number of para-hydroxylation sites is 1. The van der Waals surface area contributed by atoms with Crippen LogP contribution in [0.1, 0.15) is 19.3 Å². The van der Waals surface area contributed by atoms with Crippen molar-refractivity contribution in [2.75, 3.05) is 27.3 Å². The van der Waals surface area contributed by atoms with Gasteiger partial charge in [-0.1, -0.05) is 24.6 Å². The van der Waals surface area contributed by atoms with E-state index in [0.29, 0.717) is 29.5 Å². The molecule has 2 heterocycles. The van der Waals surface area contributed by atoms with Gasteiger partial charge in [0, 0.05) is 24.0 Å². The molecule has 3 aromatic rings. The second-order valence-corrected chi connectivity index (χ2v) is 9.86. The summed E-state index contributed by atoms with van der Waals surface area (Å²) in [5, 5.41) is 2.77. The highest BCUT2D eigenvalue weighted by Crippen LogP contribution is 2.40. The summed E-state index contributed by atoms with van der Waals surface area (Å²) >= 11 is 1.51. The van der Waals surface area contributed by atoms with Crippen molar-refractivity contribution in [2.24, 2.45) is 0 Å². The van der Waals surface area contributed by atoms with Crippen LogP contribution in [0.2, 0.25) is 0 Å². The van der Waals surface area contributed by atoms with Crippen LogP contribution in [0.4, 0.5) is 0 Å². The van der Waals surface area contributed by atoms with Gasteiger partial charge in [0.05, 0.1) is 30.4 Å². The summed E-state index contributed by atoms with van der Waals surface area (Å²) in [5.41, 5.74) is 2.52. The minimum absolute atomic E-state index is 0.332. The topological polar surface area (TPSA) is 68.7 Å². The lowest BCUT2D eigenvalue weighted by Crippen LogP contribution is -2.35. The number of hydrogen-bond acceptors (Lipinski definition) is 6. The van der Waals surface area contributed by atoms with Gasteiger partial charge in [0.25, 0.3) is 0 Å². The molecule has 1 aromatic heterocycles. The number of sulfonamides is 1. The predicted octanol–water partition coefficient (Wildman–Crippen LogP) is 4.67. The highest BCUT2D eigenvalue weighted by molar-refractivity contribution is 7.89. The Morgan fingerprint density at radius 3 is 2.37 bits per heavy atom. The average molecular weight is 445 g/mol. The van der Waals surface area contributed by atoms with E-state index in [4.69, 9.17) is 14.5 Å². The highest BCUT2D eigenvalue weighted by Gasteiger charge is 2.25. The monoisotopic (exact) mass is 444 g/mol. The van der Waals surface area contributed by atoms with Gasteiger partial charge in [0.15, 0.2) is 11.5 Å². The summed E-state index contributed by atoms with van der Waals surface area (Å²) in [6, 6.07) is 12.7. The quantitative estimate of drug-likeness (QED) is 0.553. The molecule has 6 nitrogen and oxygen atoms in total. The van der Waals surface area contributed by atoms with Crippen molar-refractivity contribution in [1.29, 1.82) is 0 Å². The van der Waals surface area contributed by atoms with E-state index in [1.54, 1.807) is 30.7 Å². The summed E-state index contributed by atoms with van der Waals surface area (Å²) in [6.45, 7) is 1.20. The molecule has 158 valence electrons. The SMILES string of the molecule is COc1cccc(-c2nc(-c3ccc(S(=O)(=O)N4CCCCC4)cc3)cs2)c1OC. The fourth-order valence-corrected chi connectivity index (χ4v) is 6.01. The number of thiazole rings is 1. The first-order valence-corrected chi connectivity index (χ1v) is 12.1. The number of nitrogens with zero attached hydrogens (tertiary/aromatic N) is 2. The van der Waals surface area contributed by atoms with Gasteiger partial charge in [-0.25, -0.2) is 13.4 Å². The Kier molecular flexibility index (Phi) is 6.08. The van der Waals surface area contributed by atoms with Crippen LogP contribution in [0, 0.1) is 0 Å². The normalized spacial score (nSPS) is 15.1. The van der Waals surface area contributed by atoms with Crippen LogP contribution >= 0.6 is 11.3 Å². The van der Waals surface area contributed by atoms with Crippen LogP contribution in [-0.4, -0.2) is 45.0 Å². The number of aromatic nitrogens is 1. The minimum atomic E-state index is -3.43. The maximum absolute atomic E-state index is 12.8. The molecule has 2 aromatic carbocycles. The average Bonchev–Trinajstić information content (AvgIpc) is 3.29. The van der Waals surface area contributed by atoms with E-state index in [2.05, 4.69) is 0 Å². The van der Waals surface area contributed by atoms with Crippen molar-refractivity contribution < 1.29 is 17.9 Å². The lowest BCUT2D eigenvalue weighted by molar-refractivity contribution is 0.346. The molecule has 0 radical (unpaired) electrons. The van der Waals surface area contributed by atoms with Crippen molar-refractivity contribution in [3.8, 4) is 33.3 Å². The number of piperidine rings is 1. The predicted molar refractivity (Wildman–Crippen MR) is 119 cm³/mol. The van der Waals surface area contributed by atoms with Gasteiger partial charge in [0.2, 0.25) is 10.0 Å². The zero-order chi connectivity index (χ0) is 21.1. The molecule has 8 heteroatoms. The van der Waals surface area contributed by atoms with E-state index in [1.165, 1.54) is 11.3 Å². The summed E-state index contributed by atoms with van der Waals surface area (Å²) in [6.07, 6.45) is 2.94. The maximum atomic E-state index is 12.8. The van der Waals surface area contributed by atoms with Gasteiger partial charge in [-0.2, -0.15) is 4.31 Å². The Morgan fingerprint density at radius 1 is 0.967 bits per heavy atom. The van der Waals surface area contributed by atoms with Gasteiger partial charge < -0.3 is 9.47 Å². The van der Waals surface area contributed by atoms with Gasteiger partial charge in [0.1, 0.15) is 5.01 Å². The lowest BCUT2D eigenvalue weighted by atomic mass is 10.1. The fraction of sp³-hybridized carbons (Fsp3) is 0.318. The molecule has 0 atom stereocenters. The van der Waals surface area contributed by atoms with E-state index in [9.17, 15) is 8.42 Å². The van der Waals surface area contributed by atoms with E-state index in [0.717, 1.165) is 41.1 Å². The zero-order valence-corrected chi connectivity index (χ0v) is 18.6. The first-order chi connectivity index (χ1) is 14.5. The molecular weight excluding hydrogens is 420 g/mol. The van der Waals surface area contributed by atoms with Crippen LogP contribution in [0.5, 0.6) is 11.5 Å². The van der Waals surface area contributed by atoms with E-state index < -0.39 is 10.0 Å². The molecule has 0 amide bonds. The molecule has 1 aliphatic rings. The summed E-state index contributed by atoms with van der Waals surface area (Å²) in [7, 11) is -0.216. The van der Waals surface area contributed by atoms with Gasteiger partial charge in [-0.05, 0) is 37.1 Å². The largest absolute Gasteiger partial charge is 0.493 e. The van der Waals surface area contributed by atoms with Crippen molar-refractivity contribution >= 4 is 21.4 Å². The van der Waals surface area contributed by atoms with Crippen LogP contribution in [0.25, 0.3) is 21.8 Å². The smallest absolute Gasteiger partial charge is 0.243 e. The van der Waals surface area contributed by atoms with E-state index in [-0.39, 0.29) is 0 Å². The molecule has 0 saturated carbocycles. The molecule has 1 fully saturated rings. The summed E-state index contributed by atoms with van der Waals surface area (Å²) < 4.78 is 38.2. The number of methoxy groups -OCH3 is 2. The molecular formula is C22H24N2O4S2. The number of benzene rings is 2. The first kappa shape index (κ1) is 20.8. The molecule has 0 aliphatic carbocycles. The first-order valence-electron chi connectivity index (χ1n) is 9.82. The van der Waals surface area contributed by atoms with E-state index >= 15 is 0 Å². The third-order valence-electron chi connectivity index (χ3n) is 5.24. The molecule has 0 unspecified atom stereocenters. The van der Waals surface area contributed by atoms with Gasteiger partial charge >= 0.3 is 0 Å². The van der Waals surface area contributed by atoms with Gasteiger partial charge in [-0.15, -0.1) is 11.3 Å². The third-order valence-corrected chi connectivity index (χ3v) is 8.03. The Hall–Kier alpha value is -2.42. The van der Waals surface area contributed by atoms with E-state index in [1.807, 2.05) is 35.7 Å². The Balaban J connectivity index is 1.60. The molecule has 0 N–H and O–H groups in total. The minimum Gasteiger partial charge on any atom is -0.493 e. The van der Waals surface area contributed by atoms with Crippen LogP contribution in [-0.2, 0) is 10.0 Å². The maximum Gasteiger partial charge on any atom is 0.243 e. The molecule has 4 rings (SSSR count). The zero-order valence-electron chi connectivity index (χ0n) is 17.0. The standard InChI is InChI=1S/C22H24N2O4S2/c1-27-20-8-6-7-18(21(20)28-2)22-23-19(15-29-22)16-9-11-17(12-10-16)30(25,26)24-13-4-3-5-14-24/h6-12,15H,3-5,13-14H2,1-2H3. The second kappa shape index (κ2) is 8.75. The molecule has 1 aliphatic heterocycles. The Labute approximate surface area is 181 Å². The number of rotatable bonds is 6. The summed E-state index contributed by atoms with van der Waals surface area (Å²) in [5.74, 6) is 1.29.